The smallest absolute Gasteiger partial charge is 0.311 e. The van der Waals surface area contributed by atoms with Gasteiger partial charge in [0, 0.05) is 58.0 Å². The van der Waals surface area contributed by atoms with Crippen LogP contribution in [0.5, 0.6) is 0 Å². The number of aliphatic hydroxyl groups excluding tert-OH is 2. The van der Waals surface area contributed by atoms with Gasteiger partial charge in [0.25, 0.3) is 0 Å². The molecule has 2 amide bonds. The van der Waals surface area contributed by atoms with Crippen molar-refractivity contribution in [2.45, 2.75) is 136 Å². The van der Waals surface area contributed by atoms with Gasteiger partial charge in [-0.25, -0.2) is 0 Å². The van der Waals surface area contributed by atoms with Crippen LogP contribution in [0.15, 0.2) is 0 Å². The minimum absolute atomic E-state index is 0.105. The third-order valence-electron chi connectivity index (χ3n) is 9.43. The van der Waals surface area contributed by atoms with E-state index in [1.807, 2.05) is 13.8 Å². The Morgan fingerprint density at radius 2 is 0.918 bits per heavy atom. The van der Waals surface area contributed by atoms with Crippen molar-refractivity contribution in [3.05, 3.63) is 0 Å². The zero-order chi connectivity index (χ0) is 47.0. The normalized spacial score (nSPS) is 13.6. The number of carboxylic acid groups (broad SMARTS) is 1. The fourth-order valence-corrected chi connectivity index (χ4v) is 21.1. The molecule has 0 bridgehead atoms. The maximum Gasteiger partial charge on any atom is 0.311 e. The second kappa shape index (κ2) is 34.1. The molecular formula is C42H93N4O12Si3+. The van der Waals surface area contributed by atoms with Gasteiger partial charge in [-0.1, -0.05) is 13.8 Å². The summed E-state index contributed by atoms with van der Waals surface area (Å²) in [6, 6.07) is 1.99. The number of likely N-dealkylation sites (N-methyl/N-ethyl adjacent to an activating group) is 2. The first-order valence-corrected chi connectivity index (χ1v) is 31.7. The molecule has 0 aromatic carbocycles. The van der Waals surface area contributed by atoms with Crippen LogP contribution >= 0.6 is 0 Å². The summed E-state index contributed by atoms with van der Waals surface area (Å²) in [6.45, 7) is 26.4. The van der Waals surface area contributed by atoms with E-state index in [1.54, 1.807) is 0 Å². The second-order valence-corrected chi connectivity index (χ2v) is 31.6. The SMILES string of the molecule is CC(=O)[O-].CCCC(=O)NCCC[N+](C)(C)CC(O)COCCOCCC[Si](C)(C)O[Si](C)(C)O[Si](C)(C)CCCOCCOCC(O)C[N+](C)(C)CCCNC(=O)CCC. The van der Waals surface area contributed by atoms with Crippen molar-refractivity contribution in [3.8, 4) is 0 Å². The number of quaternary nitrogens is 2. The second-order valence-electron chi connectivity index (χ2n) is 19.1. The van der Waals surface area contributed by atoms with E-state index in [0.717, 1.165) is 70.6 Å². The number of amides is 2. The first-order valence-electron chi connectivity index (χ1n) is 22.7. The molecule has 0 heterocycles. The molecule has 0 saturated heterocycles. The van der Waals surface area contributed by atoms with Crippen molar-refractivity contribution < 1.29 is 65.8 Å². The Labute approximate surface area is 374 Å². The lowest BCUT2D eigenvalue weighted by molar-refractivity contribution is -0.893. The van der Waals surface area contributed by atoms with E-state index in [4.69, 9.17) is 37.1 Å². The largest absolute Gasteiger partial charge is 0.550 e. The van der Waals surface area contributed by atoms with Gasteiger partial charge in [0.2, 0.25) is 11.8 Å². The summed E-state index contributed by atoms with van der Waals surface area (Å²) < 4.78 is 37.9. The van der Waals surface area contributed by atoms with Crippen LogP contribution in [0.2, 0.25) is 51.4 Å². The van der Waals surface area contributed by atoms with E-state index in [-0.39, 0.29) is 25.0 Å². The van der Waals surface area contributed by atoms with Gasteiger partial charge in [-0.3, -0.25) is 9.59 Å². The summed E-state index contributed by atoms with van der Waals surface area (Å²) in [6.07, 6.45) is 5.34. The molecule has 2 unspecified atom stereocenters. The number of aliphatic hydroxyl groups is 2. The van der Waals surface area contributed by atoms with Crippen LogP contribution in [0.25, 0.3) is 0 Å². The van der Waals surface area contributed by atoms with Gasteiger partial charge < -0.3 is 66.9 Å². The van der Waals surface area contributed by atoms with Crippen molar-refractivity contribution in [2.24, 2.45) is 0 Å². The third kappa shape index (κ3) is 42.4. The molecule has 4 N–H and O–H groups in total. The molecule has 2 atom stereocenters. The highest BCUT2D eigenvalue weighted by Crippen LogP contribution is 2.26. The minimum atomic E-state index is -2.32. The van der Waals surface area contributed by atoms with Gasteiger partial charge >= 0.3 is 8.56 Å². The van der Waals surface area contributed by atoms with Crippen LogP contribution < -0.4 is 15.7 Å². The summed E-state index contributed by atoms with van der Waals surface area (Å²) in [5, 5.41) is 35.7. The van der Waals surface area contributed by atoms with Gasteiger partial charge in [-0.2, -0.15) is 0 Å². The number of ether oxygens (including phenoxy) is 4. The maximum atomic E-state index is 11.6. The van der Waals surface area contributed by atoms with Crippen molar-refractivity contribution in [1.82, 2.24) is 10.6 Å². The number of hydrogen-bond donors (Lipinski definition) is 4. The van der Waals surface area contributed by atoms with Crippen molar-refractivity contribution in [2.75, 3.05) is 120 Å². The van der Waals surface area contributed by atoms with E-state index < -0.39 is 43.4 Å². The molecule has 0 aliphatic rings. The molecule has 61 heavy (non-hydrogen) atoms. The first-order chi connectivity index (χ1) is 28.3. The minimum Gasteiger partial charge on any atom is -0.550 e. The van der Waals surface area contributed by atoms with Crippen LogP contribution in [-0.2, 0) is 41.6 Å². The predicted molar refractivity (Wildman–Crippen MR) is 248 cm³/mol. The molecule has 0 rings (SSSR count). The standard InChI is InChI=1S/C40H88N4O10Si3.C2H4O2/c1-13-19-39(47)41-21-15-23-43(3,4)33-37(45)35-51-29-27-49-25-17-31-55(7,8)53-57(11,12)54-56(9,10)32-18-26-50-28-30-52-36-38(46)34-44(5,6)24-16-22-42-40(48)20-14-2;1-2(3)4/h37-38,45-46H,13-36H2,1-12H3;1H3,(H,3,4)/p+1. The quantitative estimate of drug-likeness (QED) is 0.0402. The molecule has 0 saturated carbocycles. The van der Waals surface area contributed by atoms with E-state index in [1.165, 1.54) is 0 Å². The average molecular weight is 930 g/mol. The molecule has 0 radical (unpaired) electrons. The number of nitrogens with zero attached hydrogens (tertiary/aromatic N) is 2. The monoisotopic (exact) mass is 930 g/mol. The highest BCUT2D eigenvalue weighted by Gasteiger charge is 2.39. The van der Waals surface area contributed by atoms with Crippen molar-refractivity contribution in [1.29, 1.82) is 0 Å². The highest BCUT2D eigenvalue weighted by atomic mass is 28.5. The fourth-order valence-electron chi connectivity index (χ4n) is 7.06. The summed E-state index contributed by atoms with van der Waals surface area (Å²) in [5.41, 5.74) is 0. The van der Waals surface area contributed by atoms with Gasteiger partial charge in [0.15, 0.2) is 16.6 Å². The Bertz CT molecular complexity index is 1070. The summed E-state index contributed by atoms with van der Waals surface area (Å²) >= 11 is 0. The van der Waals surface area contributed by atoms with E-state index in [0.29, 0.717) is 87.6 Å². The Morgan fingerprint density at radius 1 is 0.590 bits per heavy atom. The number of carbonyl (C=O) groups excluding carboxylic acids is 3. The maximum absolute atomic E-state index is 11.6. The lowest BCUT2D eigenvalue weighted by Crippen LogP contribution is -2.52. The van der Waals surface area contributed by atoms with Crippen LogP contribution in [-0.4, -0.2) is 195 Å². The van der Waals surface area contributed by atoms with Crippen LogP contribution in [0.3, 0.4) is 0 Å². The number of aliphatic carboxylic acids is 1. The summed E-state index contributed by atoms with van der Waals surface area (Å²) in [5.74, 6) is -0.874. The van der Waals surface area contributed by atoms with Crippen molar-refractivity contribution in [3.63, 3.8) is 0 Å². The Kier molecular flexibility index (Phi) is 34.5. The van der Waals surface area contributed by atoms with Crippen LogP contribution in [0.4, 0.5) is 0 Å². The Morgan fingerprint density at radius 3 is 1.25 bits per heavy atom. The molecule has 0 spiro atoms. The molecule has 16 nitrogen and oxygen atoms in total. The number of rotatable bonds is 38. The highest BCUT2D eigenvalue weighted by molar-refractivity contribution is 6.87. The number of hydrogen-bond acceptors (Lipinski definition) is 12. The number of carboxylic acids is 1. The lowest BCUT2D eigenvalue weighted by Gasteiger charge is -2.38. The third-order valence-corrected chi connectivity index (χ3v) is 20.9. The molecule has 0 aliphatic carbocycles. The Balaban J connectivity index is 0. The predicted octanol–water partition coefficient (Wildman–Crippen LogP) is 3.22. The van der Waals surface area contributed by atoms with Gasteiger partial charge in [-0.15, -0.1) is 0 Å². The fraction of sp³-hybridized carbons (Fsp3) is 0.929. The lowest BCUT2D eigenvalue weighted by atomic mass is 10.2. The van der Waals surface area contributed by atoms with E-state index >= 15 is 0 Å². The number of carbonyl (C=O) groups is 3. The van der Waals surface area contributed by atoms with Gasteiger partial charge in [0.05, 0.1) is 80.9 Å². The van der Waals surface area contributed by atoms with E-state index in [2.05, 4.69) is 78.1 Å². The zero-order valence-electron chi connectivity index (χ0n) is 41.0. The summed E-state index contributed by atoms with van der Waals surface area (Å²) in [7, 11) is 2.14. The van der Waals surface area contributed by atoms with Crippen molar-refractivity contribution >= 4 is 43.0 Å². The number of nitrogens with one attached hydrogen (secondary N) is 2. The molecule has 0 aliphatic heterocycles. The molecule has 19 heteroatoms. The summed E-state index contributed by atoms with van der Waals surface area (Å²) in [4.78, 5) is 32.1. The topological polar surface area (TPSA) is 194 Å². The Hall–Kier alpha value is -1.34. The molecule has 364 valence electrons. The van der Waals surface area contributed by atoms with Crippen LogP contribution in [0.1, 0.15) is 72.1 Å². The van der Waals surface area contributed by atoms with E-state index in [9.17, 15) is 19.8 Å². The molecular weight excluding hydrogens is 837 g/mol. The average Bonchev–Trinajstić information content (AvgIpc) is 3.09. The molecule has 0 aromatic heterocycles. The first kappa shape index (κ1) is 61.7. The molecule has 0 aromatic rings. The van der Waals surface area contributed by atoms with Gasteiger partial charge in [0.1, 0.15) is 25.3 Å². The molecule has 0 fully saturated rings. The zero-order valence-corrected chi connectivity index (χ0v) is 44.0. The van der Waals surface area contributed by atoms with Crippen LogP contribution in [0, 0.1) is 0 Å². The van der Waals surface area contributed by atoms with Gasteiger partial charge in [-0.05, 0) is 84.0 Å².